The molecule has 26 heavy (non-hydrogen) atoms. The smallest absolute Gasteiger partial charge is 0.408 e. The fourth-order valence-electron chi connectivity index (χ4n) is 2.59. The molecule has 0 spiro atoms. The van der Waals surface area contributed by atoms with Crippen LogP contribution in [0.25, 0.3) is 11.5 Å². The number of H-pyrrole nitrogens is 1. The molecule has 2 aromatic heterocycles. The summed E-state index contributed by atoms with van der Waals surface area (Å²) in [6.45, 7) is -1.21. The zero-order valence-electron chi connectivity index (χ0n) is 14.2. The molecule has 0 saturated heterocycles. The van der Waals surface area contributed by atoms with E-state index in [1.54, 1.807) is 36.5 Å². The van der Waals surface area contributed by atoms with Crippen molar-refractivity contribution < 1.29 is 22.6 Å². The molecule has 2 heterocycles. The van der Waals surface area contributed by atoms with Gasteiger partial charge in [0.05, 0.1) is 19.9 Å². The fraction of sp³-hybridized carbons (Fsp3) is 0.294. The molecule has 0 amide bonds. The maximum Gasteiger partial charge on any atom is 0.408 e. The van der Waals surface area contributed by atoms with Gasteiger partial charge in [-0.1, -0.05) is 6.07 Å². The molecule has 0 atom stereocenters. The van der Waals surface area contributed by atoms with Gasteiger partial charge >= 0.3 is 6.18 Å². The minimum atomic E-state index is -4.39. The van der Waals surface area contributed by atoms with E-state index in [-0.39, 0.29) is 18.1 Å². The zero-order valence-corrected chi connectivity index (χ0v) is 14.2. The van der Waals surface area contributed by atoms with Crippen LogP contribution in [0.1, 0.15) is 11.4 Å². The molecular formula is C17H17F3N4O2. The molecule has 0 aliphatic carbocycles. The molecule has 6 nitrogen and oxygen atoms in total. The van der Waals surface area contributed by atoms with Gasteiger partial charge in [0.1, 0.15) is 6.54 Å². The Morgan fingerprint density at radius 3 is 2.50 bits per heavy atom. The number of halogens is 3. The van der Waals surface area contributed by atoms with Crippen molar-refractivity contribution in [1.82, 2.24) is 19.7 Å². The van der Waals surface area contributed by atoms with Gasteiger partial charge in [0.15, 0.2) is 23.1 Å². The maximum absolute atomic E-state index is 12.9. The number of hydrogen-bond donors (Lipinski definition) is 1. The van der Waals surface area contributed by atoms with Crippen LogP contribution < -0.4 is 9.47 Å². The second kappa shape index (κ2) is 7.11. The van der Waals surface area contributed by atoms with E-state index in [9.17, 15) is 13.2 Å². The molecule has 3 aromatic rings. The Labute approximate surface area is 147 Å². The average molecular weight is 366 g/mol. The van der Waals surface area contributed by atoms with Gasteiger partial charge in [-0.2, -0.15) is 18.3 Å². The number of aromatic nitrogens is 4. The van der Waals surface area contributed by atoms with Gasteiger partial charge < -0.3 is 14.5 Å². The molecule has 0 saturated carbocycles. The Balaban J connectivity index is 1.92. The highest BCUT2D eigenvalue weighted by molar-refractivity contribution is 5.50. The van der Waals surface area contributed by atoms with Crippen molar-refractivity contribution in [2.45, 2.75) is 19.1 Å². The number of alkyl halides is 3. The van der Waals surface area contributed by atoms with Crippen LogP contribution in [0.2, 0.25) is 0 Å². The summed E-state index contributed by atoms with van der Waals surface area (Å²) >= 11 is 0. The number of nitrogens with one attached hydrogen (secondary N) is 1. The number of hydrogen-bond acceptors (Lipinski definition) is 4. The summed E-state index contributed by atoms with van der Waals surface area (Å²) in [5.41, 5.74) is 1.27. The topological polar surface area (TPSA) is 65.0 Å². The molecule has 138 valence electrons. The highest BCUT2D eigenvalue weighted by Crippen LogP contribution is 2.29. The molecule has 1 N–H and O–H groups in total. The fourth-order valence-corrected chi connectivity index (χ4v) is 2.59. The molecule has 3 rings (SSSR count). The van der Waals surface area contributed by atoms with E-state index in [1.165, 1.54) is 14.2 Å². The lowest BCUT2D eigenvalue weighted by Crippen LogP contribution is -2.19. The monoisotopic (exact) mass is 366 g/mol. The largest absolute Gasteiger partial charge is 0.493 e. The Morgan fingerprint density at radius 2 is 1.88 bits per heavy atom. The normalized spacial score (nSPS) is 11.6. The Morgan fingerprint density at radius 1 is 1.12 bits per heavy atom. The van der Waals surface area contributed by atoms with Crippen molar-refractivity contribution in [1.29, 1.82) is 0 Å². The molecule has 0 aliphatic rings. The quantitative estimate of drug-likeness (QED) is 0.726. The average Bonchev–Trinajstić information content (AvgIpc) is 3.23. The van der Waals surface area contributed by atoms with Gasteiger partial charge in [-0.15, -0.1) is 0 Å². The first kappa shape index (κ1) is 17.8. The minimum Gasteiger partial charge on any atom is -0.493 e. The van der Waals surface area contributed by atoms with Crippen LogP contribution in [-0.2, 0) is 13.0 Å². The summed E-state index contributed by atoms with van der Waals surface area (Å²) in [5, 5.41) is 4.04. The lowest BCUT2D eigenvalue weighted by Gasteiger charge is -2.08. The van der Waals surface area contributed by atoms with E-state index in [0.717, 1.165) is 10.2 Å². The maximum atomic E-state index is 12.9. The zero-order chi connectivity index (χ0) is 18.7. The molecule has 0 radical (unpaired) electrons. The lowest BCUT2D eigenvalue weighted by atomic mass is 10.1. The number of aromatic amines is 1. The highest BCUT2D eigenvalue weighted by atomic mass is 19.4. The van der Waals surface area contributed by atoms with Crippen molar-refractivity contribution in [3.8, 4) is 23.0 Å². The third-order valence-electron chi connectivity index (χ3n) is 3.69. The van der Waals surface area contributed by atoms with Crippen molar-refractivity contribution in [3.05, 3.63) is 47.9 Å². The third-order valence-corrected chi connectivity index (χ3v) is 3.69. The van der Waals surface area contributed by atoms with Crippen LogP contribution in [0, 0.1) is 0 Å². The molecule has 0 aliphatic heterocycles. The first-order valence-electron chi connectivity index (χ1n) is 7.75. The van der Waals surface area contributed by atoms with Gasteiger partial charge in [0, 0.05) is 12.6 Å². The first-order chi connectivity index (χ1) is 12.4. The van der Waals surface area contributed by atoms with Gasteiger partial charge in [0.25, 0.3) is 0 Å². The van der Waals surface area contributed by atoms with E-state index in [1.807, 2.05) is 0 Å². The number of methoxy groups -OCH3 is 2. The summed E-state index contributed by atoms with van der Waals surface area (Å²) in [7, 11) is 3.04. The summed E-state index contributed by atoms with van der Waals surface area (Å²) in [6, 6.07) is 8.61. The molecule has 0 bridgehead atoms. The predicted octanol–water partition coefficient (Wildman–Crippen LogP) is 3.44. The predicted molar refractivity (Wildman–Crippen MR) is 88.2 cm³/mol. The summed E-state index contributed by atoms with van der Waals surface area (Å²) in [5.74, 6) is 1.53. The number of benzene rings is 1. The van der Waals surface area contributed by atoms with Crippen LogP contribution in [0.5, 0.6) is 11.5 Å². The van der Waals surface area contributed by atoms with Gasteiger partial charge in [-0.05, 0) is 29.8 Å². The summed E-state index contributed by atoms with van der Waals surface area (Å²) < 4.78 is 49.8. The van der Waals surface area contributed by atoms with Gasteiger partial charge in [0.2, 0.25) is 0 Å². The van der Waals surface area contributed by atoms with E-state index in [2.05, 4.69) is 15.1 Å². The van der Waals surface area contributed by atoms with Crippen LogP contribution >= 0.6 is 0 Å². The van der Waals surface area contributed by atoms with Crippen molar-refractivity contribution in [3.63, 3.8) is 0 Å². The van der Waals surface area contributed by atoms with Gasteiger partial charge in [-0.3, -0.25) is 0 Å². The second-order valence-electron chi connectivity index (χ2n) is 5.57. The minimum absolute atomic E-state index is 0.141. The number of rotatable bonds is 6. The van der Waals surface area contributed by atoms with Crippen molar-refractivity contribution in [2.24, 2.45) is 0 Å². The summed E-state index contributed by atoms with van der Waals surface area (Å²) in [6.07, 6.45) is -2.51. The molecule has 9 heteroatoms. The van der Waals surface area contributed by atoms with Crippen LogP contribution in [0.4, 0.5) is 13.2 Å². The standard InChI is InChI=1S/C17H17F3N4O2/c1-25-13-6-5-11(8-14(13)26-2)9-15-22-16(12-4-3-7-21-12)24(23-15)10-17(18,19)20/h3-8,21H,9-10H2,1-2H3. The Bertz CT molecular complexity index is 873. The molecule has 0 fully saturated rings. The van der Waals surface area contributed by atoms with Crippen LogP contribution in [0.15, 0.2) is 36.5 Å². The van der Waals surface area contributed by atoms with Gasteiger partial charge in [-0.25, -0.2) is 9.67 Å². The Hall–Kier alpha value is -2.97. The summed E-state index contributed by atoms with van der Waals surface area (Å²) in [4.78, 5) is 7.14. The van der Waals surface area contributed by atoms with Crippen molar-refractivity contribution >= 4 is 0 Å². The Kier molecular flexibility index (Phi) is 4.88. The van der Waals surface area contributed by atoms with Crippen LogP contribution in [-0.4, -0.2) is 40.1 Å². The van der Waals surface area contributed by atoms with E-state index < -0.39 is 12.7 Å². The first-order valence-corrected chi connectivity index (χ1v) is 7.75. The van der Waals surface area contributed by atoms with Crippen LogP contribution in [0.3, 0.4) is 0 Å². The third kappa shape index (κ3) is 3.98. The molecule has 0 unspecified atom stereocenters. The van der Waals surface area contributed by atoms with E-state index >= 15 is 0 Å². The number of nitrogens with zero attached hydrogens (tertiary/aromatic N) is 3. The van der Waals surface area contributed by atoms with Crippen molar-refractivity contribution in [2.75, 3.05) is 14.2 Å². The van der Waals surface area contributed by atoms with E-state index in [0.29, 0.717) is 17.2 Å². The second-order valence-corrected chi connectivity index (χ2v) is 5.57. The highest BCUT2D eigenvalue weighted by Gasteiger charge is 2.30. The lowest BCUT2D eigenvalue weighted by molar-refractivity contribution is -0.142. The van der Waals surface area contributed by atoms with E-state index in [4.69, 9.17) is 9.47 Å². The SMILES string of the molecule is COc1ccc(Cc2nc(-c3ccc[nH]3)n(CC(F)(F)F)n2)cc1OC. The molecule has 1 aromatic carbocycles. The molecular weight excluding hydrogens is 349 g/mol. The number of ether oxygens (including phenoxy) is 2.